The van der Waals surface area contributed by atoms with Crippen LogP contribution in [-0.2, 0) is 4.79 Å². The number of nitrogens with two attached hydrogens (primary N) is 1. The molecule has 20 heavy (non-hydrogen) atoms. The zero-order chi connectivity index (χ0) is 14.1. The average molecular weight is 277 g/mol. The van der Waals surface area contributed by atoms with Crippen molar-refractivity contribution in [3.8, 4) is 0 Å². The van der Waals surface area contributed by atoms with E-state index in [1.54, 1.807) is 0 Å². The Labute approximate surface area is 116 Å². The van der Waals surface area contributed by atoms with Crippen LogP contribution in [0.1, 0.15) is 60.9 Å². The fourth-order valence-electron chi connectivity index (χ4n) is 2.69. The van der Waals surface area contributed by atoms with Crippen LogP contribution in [-0.4, -0.2) is 33.0 Å². The van der Waals surface area contributed by atoms with Gasteiger partial charge in [-0.15, -0.1) is 5.10 Å². The Bertz CT molecular complexity index is 515. The minimum atomic E-state index is -0.240. The van der Waals surface area contributed by atoms with Gasteiger partial charge in [-0.1, -0.05) is 0 Å². The highest BCUT2D eigenvalue weighted by Crippen LogP contribution is 2.37. The molecule has 4 N–H and O–H groups in total. The van der Waals surface area contributed by atoms with Gasteiger partial charge in [-0.2, -0.15) is 0 Å². The number of carbonyl (C=O) groups is 2. The summed E-state index contributed by atoms with van der Waals surface area (Å²) in [5, 5.41) is 9.72. The second-order valence-corrected chi connectivity index (χ2v) is 5.74. The number of carbonyl (C=O) groups excluding carboxylic acids is 2. The zero-order valence-electron chi connectivity index (χ0n) is 11.3. The van der Waals surface area contributed by atoms with Gasteiger partial charge in [0, 0.05) is 17.9 Å². The van der Waals surface area contributed by atoms with Gasteiger partial charge in [-0.25, -0.2) is 4.98 Å². The fraction of sp³-hybridized carbons (Fsp3) is 0.692. The molecule has 0 aromatic carbocycles. The third-order valence-electron chi connectivity index (χ3n) is 4.13. The van der Waals surface area contributed by atoms with E-state index < -0.39 is 0 Å². The van der Waals surface area contributed by atoms with Gasteiger partial charge in [0.05, 0.1) is 0 Å². The van der Waals surface area contributed by atoms with Crippen molar-refractivity contribution in [3.05, 3.63) is 11.6 Å². The standard InChI is InChI=1S/C13H19N5O2/c14-10(19)7-3-5-9(6-4-7)15-13(20)12-16-11(17-18-12)8-1-2-8/h7-9H,1-6H2,(H2,14,19)(H,15,20)(H,16,17,18). The second-order valence-electron chi connectivity index (χ2n) is 5.74. The van der Waals surface area contributed by atoms with Crippen LogP contribution in [0.15, 0.2) is 0 Å². The Kier molecular flexibility index (Phi) is 3.42. The molecule has 7 heteroatoms. The Hall–Kier alpha value is -1.92. The third kappa shape index (κ3) is 2.81. The van der Waals surface area contributed by atoms with E-state index in [1.165, 1.54) is 0 Å². The van der Waals surface area contributed by atoms with E-state index in [2.05, 4.69) is 20.5 Å². The molecule has 3 rings (SSSR count). The molecule has 2 saturated carbocycles. The van der Waals surface area contributed by atoms with Crippen LogP contribution in [0.3, 0.4) is 0 Å². The van der Waals surface area contributed by atoms with Crippen molar-refractivity contribution in [1.29, 1.82) is 0 Å². The number of rotatable bonds is 4. The van der Waals surface area contributed by atoms with Gasteiger partial charge < -0.3 is 11.1 Å². The summed E-state index contributed by atoms with van der Waals surface area (Å²) in [5.74, 6) is 0.952. The van der Waals surface area contributed by atoms with Crippen molar-refractivity contribution in [2.45, 2.75) is 50.5 Å². The zero-order valence-corrected chi connectivity index (χ0v) is 11.3. The summed E-state index contributed by atoms with van der Waals surface area (Å²) >= 11 is 0. The number of aromatic nitrogens is 3. The van der Waals surface area contributed by atoms with E-state index in [4.69, 9.17) is 5.73 Å². The predicted octanol–water partition coefficient (Wildman–Crippen LogP) is 0.456. The minimum Gasteiger partial charge on any atom is -0.369 e. The van der Waals surface area contributed by atoms with E-state index in [0.29, 0.717) is 5.92 Å². The molecule has 0 atom stereocenters. The maximum absolute atomic E-state index is 12.0. The summed E-state index contributed by atoms with van der Waals surface area (Å²) in [6, 6.07) is 0.0842. The normalized spacial score (nSPS) is 26.2. The second kappa shape index (κ2) is 5.22. The van der Waals surface area contributed by atoms with Crippen LogP contribution in [0.5, 0.6) is 0 Å². The van der Waals surface area contributed by atoms with Gasteiger partial charge in [0.25, 0.3) is 5.91 Å². The Balaban J connectivity index is 1.52. The summed E-state index contributed by atoms with van der Waals surface area (Å²) in [6.45, 7) is 0. The molecule has 7 nitrogen and oxygen atoms in total. The number of hydrogen-bond donors (Lipinski definition) is 3. The van der Waals surface area contributed by atoms with Crippen molar-refractivity contribution in [1.82, 2.24) is 20.5 Å². The van der Waals surface area contributed by atoms with Gasteiger partial charge in [-0.05, 0) is 38.5 Å². The molecule has 2 fully saturated rings. The topological polar surface area (TPSA) is 114 Å². The van der Waals surface area contributed by atoms with Crippen molar-refractivity contribution in [2.24, 2.45) is 11.7 Å². The summed E-state index contributed by atoms with van der Waals surface area (Å²) in [7, 11) is 0. The van der Waals surface area contributed by atoms with Gasteiger partial charge in [0.2, 0.25) is 11.7 Å². The molecule has 1 heterocycles. The lowest BCUT2D eigenvalue weighted by Crippen LogP contribution is -2.40. The quantitative estimate of drug-likeness (QED) is 0.741. The molecule has 108 valence electrons. The van der Waals surface area contributed by atoms with E-state index in [1.807, 2.05) is 0 Å². The average Bonchev–Trinajstić information content (AvgIpc) is 3.17. The van der Waals surface area contributed by atoms with Crippen LogP contribution < -0.4 is 11.1 Å². The first-order chi connectivity index (χ1) is 9.63. The monoisotopic (exact) mass is 277 g/mol. The Morgan fingerprint density at radius 3 is 2.45 bits per heavy atom. The molecule has 0 spiro atoms. The van der Waals surface area contributed by atoms with Crippen molar-refractivity contribution >= 4 is 11.8 Å². The number of primary amides is 1. The molecule has 0 radical (unpaired) electrons. The lowest BCUT2D eigenvalue weighted by Gasteiger charge is -2.26. The van der Waals surface area contributed by atoms with Crippen LogP contribution in [0, 0.1) is 5.92 Å². The van der Waals surface area contributed by atoms with E-state index >= 15 is 0 Å². The Morgan fingerprint density at radius 2 is 1.85 bits per heavy atom. The van der Waals surface area contributed by atoms with Gasteiger partial charge in [0.1, 0.15) is 5.82 Å². The van der Waals surface area contributed by atoms with E-state index in [-0.39, 0.29) is 29.6 Å². The SMILES string of the molecule is NC(=O)C1CCC(NC(=O)c2n[nH]c(C3CC3)n2)CC1. The number of amides is 2. The molecule has 1 aromatic heterocycles. The molecule has 1 aromatic rings. The van der Waals surface area contributed by atoms with E-state index in [0.717, 1.165) is 44.3 Å². The molecule has 2 aliphatic rings. The minimum absolute atomic E-state index is 0.0480. The van der Waals surface area contributed by atoms with Crippen molar-refractivity contribution in [3.63, 3.8) is 0 Å². The number of H-pyrrole nitrogens is 1. The number of nitrogens with zero attached hydrogens (tertiary/aromatic N) is 2. The third-order valence-corrected chi connectivity index (χ3v) is 4.13. The lowest BCUT2D eigenvalue weighted by molar-refractivity contribution is -0.122. The summed E-state index contributed by atoms with van der Waals surface area (Å²) in [6.07, 6.45) is 5.27. The molecule has 0 aliphatic heterocycles. The summed E-state index contributed by atoms with van der Waals surface area (Å²) < 4.78 is 0. The van der Waals surface area contributed by atoms with Crippen LogP contribution >= 0.6 is 0 Å². The molecule has 0 bridgehead atoms. The summed E-state index contributed by atoms with van der Waals surface area (Å²) in [5.41, 5.74) is 5.29. The highest BCUT2D eigenvalue weighted by molar-refractivity contribution is 5.90. The van der Waals surface area contributed by atoms with Crippen molar-refractivity contribution in [2.75, 3.05) is 0 Å². The maximum atomic E-state index is 12.0. The fourth-order valence-corrected chi connectivity index (χ4v) is 2.69. The first-order valence-electron chi connectivity index (χ1n) is 7.16. The first kappa shape index (κ1) is 13.1. The molecule has 0 unspecified atom stereocenters. The molecule has 2 aliphatic carbocycles. The number of aromatic amines is 1. The number of nitrogens with one attached hydrogen (secondary N) is 2. The van der Waals surface area contributed by atoms with Crippen LogP contribution in [0.4, 0.5) is 0 Å². The highest BCUT2D eigenvalue weighted by Gasteiger charge is 2.29. The van der Waals surface area contributed by atoms with Gasteiger partial charge >= 0.3 is 0 Å². The van der Waals surface area contributed by atoms with Crippen LogP contribution in [0.25, 0.3) is 0 Å². The smallest absolute Gasteiger partial charge is 0.291 e. The van der Waals surface area contributed by atoms with Crippen LogP contribution in [0.2, 0.25) is 0 Å². The lowest BCUT2D eigenvalue weighted by atomic mass is 9.85. The molecule has 0 saturated heterocycles. The predicted molar refractivity (Wildman–Crippen MR) is 70.8 cm³/mol. The maximum Gasteiger partial charge on any atom is 0.291 e. The molecular formula is C13H19N5O2. The Morgan fingerprint density at radius 1 is 1.15 bits per heavy atom. The van der Waals surface area contributed by atoms with Crippen molar-refractivity contribution < 1.29 is 9.59 Å². The van der Waals surface area contributed by atoms with E-state index in [9.17, 15) is 9.59 Å². The largest absolute Gasteiger partial charge is 0.369 e. The van der Waals surface area contributed by atoms with Gasteiger partial charge in [0.15, 0.2) is 0 Å². The first-order valence-corrected chi connectivity index (χ1v) is 7.16. The highest BCUT2D eigenvalue weighted by atomic mass is 16.2. The number of hydrogen-bond acceptors (Lipinski definition) is 4. The molecular weight excluding hydrogens is 258 g/mol. The summed E-state index contributed by atoms with van der Waals surface area (Å²) in [4.78, 5) is 27.4. The van der Waals surface area contributed by atoms with Gasteiger partial charge in [-0.3, -0.25) is 14.7 Å². The molecule has 2 amide bonds.